The first kappa shape index (κ1) is 19.5. The van der Waals surface area contributed by atoms with Gasteiger partial charge in [-0.25, -0.2) is 9.78 Å². The molecule has 0 aliphatic carbocycles. The van der Waals surface area contributed by atoms with E-state index in [1.165, 1.54) is 6.20 Å². The molecule has 7 nitrogen and oxygen atoms in total. The molecule has 1 N–H and O–H groups in total. The molecule has 0 radical (unpaired) electrons. The molecule has 0 atom stereocenters. The van der Waals surface area contributed by atoms with Crippen molar-refractivity contribution in [1.82, 2.24) is 10.3 Å². The number of rotatable bonds is 11. The number of hydrogen-bond acceptors (Lipinski definition) is 7. The van der Waals surface area contributed by atoms with Crippen LogP contribution in [0.15, 0.2) is 42.6 Å². The van der Waals surface area contributed by atoms with Crippen molar-refractivity contribution in [3.05, 3.63) is 48.2 Å². The second kappa shape index (κ2) is 10.9. The zero-order valence-corrected chi connectivity index (χ0v) is 15.1. The van der Waals surface area contributed by atoms with Gasteiger partial charge in [0.2, 0.25) is 5.88 Å². The Hall–Kier alpha value is -2.80. The number of ether oxygens (including phenoxy) is 4. The van der Waals surface area contributed by atoms with Crippen LogP contribution in [0.25, 0.3) is 0 Å². The summed E-state index contributed by atoms with van der Waals surface area (Å²) in [6, 6.07) is 10.8. The molecule has 0 spiro atoms. The van der Waals surface area contributed by atoms with Gasteiger partial charge in [0.25, 0.3) is 0 Å². The highest BCUT2D eigenvalue weighted by molar-refractivity contribution is 5.89. The molecule has 1 heterocycles. The fourth-order valence-corrected chi connectivity index (χ4v) is 2.12. The largest absolute Gasteiger partial charge is 0.493 e. The average molecular weight is 360 g/mol. The number of methoxy groups -OCH3 is 1. The molecule has 0 saturated carbocycles. The van der Waals surface area contributed by atoms with Gasteiger partial charge in [-0.2, -0.15) is 0 Å². The molecule has 2 rings (SSSR count). The molecular formula is C19H24N2O5. The molecule has 0 amide bonds. The number of nitrogens with zero attached hydrogens (tertiary/aromatic N) is 1. The first-order valence-corrected chi connectivity index (χ1v) is 8.47. The maximum Gasteiger partial charge on any atom is 0.339 e. The smallest absolute Gasteiger partial charge is 0.339 e. The third-order valence-electron chi connectivity index (χ3n) is 3.38. The predicted octanol–water partition coefficient (Wildman–Crippen LogP) is 2.31. The summed E-state index contributed by atoms with van der Waals surface area (Å²) in [5.41, 5.74) is 0.408. The molecule has 2 aromatic rings. The summed E-state index contributed by atoms with van der Waals surface area (Å²) in [5, 5.41) is 3.22. The summed E-state index contributed by atoms with van der Waals surface area (Å²) in [5.74, 6) is 1.51. The van der Waals surface area contributed by atoms with Crippen LogP contribution >= 0.6 is 0 Å². The first-order chi connectivity index (χ1) is 12.7. The van der Waals surface area contributed by atoms with Gasteiger partial charge in [-0.05, 0) is 25.1 Å². The van der Waals surface area contributed by atoms with Crippen molar-refractivity contribution in [2.45, 2.75) is 6.92 Å². The Morgan fingerprint density at radius 1 is 1.04 bits per heavy atom. The third-order valence-corrected chi connectivity index (χ3v) is 3.38. The Morgan fingerprint density at radius 2 is 1.77 bits per heavy atom. The molecule has 0 saturated heterocycles. The van der Waals surface area contributed by atoms with Gasteiger partial charge in [-0.3, -0.25) is 0 Å². The molecule has 0 bridgehead atoms. The van der Waals surface area contributed by atoms with Crippen LogP contribution < -0.4 is 19.5 Å². The standard InChI is InChI=1S/C19H24N2O5/c1-3-24-19(22)15-8-9-18(21-14-15)26-13-11-20-10-12-25-17-7-5-4-6-16(17)23-2/h4-9,14,20H,3,10-13H2,1-2H3. The van der Waals surface area contributed by atoms with E-state index in [4.69, 9.17) is 18.9 Å². The SMILES string of the molecule is CCOC(=O)c1ccc(OCCNCCOc2ccccc2OC)nc1. The minimum absolute atomic E-state index is 0.337. The number of pyridine rings is 1. The van der Waals surface area contributed by atoms with E-state index in [0.717, 1.165) is 5.75 Å². The summed E-state index contributed by atoms with van der Waals surface area (Å²) in [4.78, 5) is 15.6. The van der Waals surface area contributed by atoms with Crippen molar-refractivity contribution in [3.8, 4) is 17.4 Å². The summed E-state index contributed by atoms with van der Waals surface area (Å²) >= 11 is 0. The minimum Gasteiger partial charge on any atom is -0.493 e. The molecule has 7 heteroatoms. The van der Waals surface area contributed by atoms with E-state index in [1.807, 2.05) is 24.3 Å². The van der Waals surface area contributed by atoms with Crippen LogP contribution in [-0.4, -0.2) is 51.0 Å². The maximum atomic E-state index is 11.5. The van der Waals surface area contributed by atoms with Gasteiger partial charge in [0, 0.05) is 25.4 Å². The summed E-state index contributed by atoms with van der Waals surface area (Å²) < 4.78 is 21.3. The van der Waals surface area contributed by atoms with E-state index in [9.17, 15) is 4.79 Å². The molecule has 140 valence electrons. The number of hydrogen-bond donors (Lipinski definition) is 1. The van der Waals surface area contributed by atoms with Gasteiger partial charge in [0.1, 0.15) is 13.2 Å². The van der Waals surface area contributed by atoms with Crippen LogP contribution in [0.5, 0.6) is 17.4 Å². The number of nitrogens with one attached hydrogen (secondary N) is 1. The van der Waals surface area contributed by atoms with Crippen LogP contribution in [0, 0.1) is 0 Å². The van der Waals surface area contributed by atoms with Crippen LogP contribution in [0.1, 0.15) is 17.3 Å². The molecule has 0 aliphatic heterocycles. The second-order valence-electron chi connectivity index (χ2n) is 5.20. The van der Waals surface area contributed by atoms with Gasteiger partial charge in [0.15, 0.2) is 11.5 Å². The maximum absolute atomic E-state index is 11.5. The Bertz CT molecular complexity index is 676. The normalized spacial score (nSPS) is 10.2. The molecule has 1 aromatic heterocycles. The van der Waals surface area contributed by atoms with Crippen molar-refractivity contribution in [3.63, 3.8) is 0 Å². The Labute approximate surface area is 153 Å². The van der Waals surface area contributed by atoms with Crippen LogP contribution in [0.2, 0.25) is 0 Å². The fourth-order valence-electron chi connectivity index (χ4n) is 2.12. The van der Waals surface area contributed by atoms with Crippen molar-refractivity contribution in [2.75, 3.05) is 40.0 Å². The molecule has 0 aliphatic rings. The number of para-hydroxylation sites is 2. The zero-order valence-electron chi connectivity index (χ0n) is 15.1. The summed E-state index contributed by atoms with van der Waals surface area (Å²) in [7, 11) is 1.62. The molecule has 0 fully saturated rings. The highest BCUT2D eigenvalue weighted by Crippen LogP contribution is 2.25. The predicted molar refractivity (Wildman–Crippen MR) is 97.0 cm³/mol. The third kappa shape index (κ3) is 6.25. The lowest BCUT2D eigenvalue weighted by molar-refractivity contribution is 0.0526. The molecule has 1 aromatic carbocycles. The first-order valence-electron chi connectivity index (χ1n) is 8.47. The summed E-state index contributed by atoms with van der Waals surface area (Å²) in [6.07, 6.45) is 1.45. The van der Waals surface area contributed by atoms with E-state index in [-0.39, 0.29) is 5.97 Å². The second-order valence-corrected chi connectivity index (χ2v) is 5.20. The van der Waals surface area contributed by atoms with E-state index >= 15 is 0 Å². The number of carbonyl (C=O) groups excluding carboxylic acids is 1. The fraction of sp³-hybridized carbons (Fsp3) is 0.368. The monoisotopic (exact) mass is 360 g/mol. The van der Waals surface area contributed by atoms with E-state index in [0.29, 0.717) is 50.1 Å². The van der Waals surface area contributed by atoms with Crippen molar-refractivity contribution < 1.29 is 23.7 Å². The van der Waals surface area contributed by atoms with Crippen molar-refractivity contribution >= 4 is 5.97 Å². The Morgan fingerprint density at radius 3 is 2.42 bits per heavy atom. The Balaban J connectivity index is 1.60. The van der Waals surface area contributed by atoms with Gasteiger partial charge in [-0.15, -0.1) is 0 Å². The lowest BCUT2D eigenvalue weighted by Gasteiger charge is -2.11. The topological polar surface area (TPSA) is 78.9 Å². The number of benzene rings is 1. The molecule has 26 heavy (non-hydrogen) atoms. The lowest BCUT2D eigenvalue weighted by Crippen LogP contribution is -2.26. The quantitative estimate of drug-likeness (QED) is 0.487. The minimum atomic E-state index is -0.386. The highest BCUT2D eigenvalue weighted by atomic mass is 16.5. The van der Waals surface area contributed by atoms with Crippen LogP contribution in [0.4, 0.5) is 0 Å². The average Bonchev–Trinajstić information content (AvgIpc) is 2.68. The van der Waals surface area contributed by atoms with E-state index in [2.05, 4.69) is 10.3 Å². The molecule has 0 unspecified atom stereocenters. The van der Waals surface area contributed by atoms with Gasteiger partial charge in [-0.1, -0.05) is 12.1 Å². The summed E-state index contributed by atoms with van der Waals surface area (Å²) in [6.45, 7) is 4.40. The van der Waals surface area contributed by atoms with E-state index < -0.39 is 0 Å². The lowest BCUT2D eigenvalue weighted by atomic mass is 10.3. The van der Waals surface area contributed by atoms with Gasteiger partial charge >= 0.3 is 5.97 Å². The van der Waals surface area contributed by atoms with Crippen molar-refractivity contribution in [2.24, 2.45) is 0 Å². The van der Waals surface area contributed by atoms with Gasteiger partial charge in [0.05, 0.1) is 19.3 Å². The van der Waals surface area contributed by atoms with Gasteiger partial charge < -0.3 is 24.3 Å². The van der Waals surface area contributed by atoms with E-state index in [1.54, 1.807) is 26.2 Å². The Kier molecular flexibility index (Phi) is 8.21. The number of aromatic nitrogens is 1. The number of esters is 1. The number of carbonyl (C=O) groups is 1. The van der Waals surface area contributed by atoms with Crippen LogP contribution in [0.3, 0.4) is 0 Å². The molecular weight excluding hydrogens is 336 g/mol. The van der Waals surface area contributed by atoms with Crippen LogP contribution in [-0.2, 0) is 4.74 Å². The zero-order chi connectivity index (χ0) is 18.6. The highest BCUT2D eigenvalue weighted by Gasteiger charge is 2.07. The van der Waals surface area contributed by atoms with Crippen molar-refractivity contribution in [1.29, 1.82) is 0 Å².